The van der Waals surface area contributed by atoms with Gasteiger partial charge in [0.15, 0.2) is 0 Å². The maximum atomic E-state index is 9.03. The van der Waals surface area contributed by atoms with Crippen molar-refractivity contribution in [2.45, 2.75) is 39.8 Å². The van der Waals surface area contributed by atoms with Gasteiger partial charge in [0.05, 0.1) is 18.6 Å². The van der Waals surface area contributed by atoms with Crippen LogP contribution in [0.3, 0.4) is 0 Å². The van der Waals surface area contributed by atoms with E-state index in [2.05, 4.69) is 28.3 Å². The van der Waals surface area contributed by atoms with Gasteiger partial charge in [-0.15, -0.1) is 0 Å². The van der Waals surface area contributed by atoms with Crippen molar-refractivity contribution in [2.24, 2.45) is 0 Å². The first-order valence-corrected chi connectivity index (χ1v) is 6.14. The van der Waals surface area contributed by atoms with E-state index in [4.69, 9.17) is 5.11 Å². The third-order valence-electron chi connectivity index (χ3n) is 2.77. The van der Waals surface area contributed by atoms with Crippen molar-refractivity contribution < 1.29 is 5.11 Å². The monoisotopic (exact) mass is 225 g/mol. The zero-order chi connectivity index (χ0) is 11.8. The second kappa shape index (κ2) is 7.41. The molecular formula is C12H23N3O. The van der Waals surface area contributed by atoms with Crippen LogP contribution in [-0.2, 0) is 13.1 Å². The zero-order valence-corrected chi connectivity index (χ0v) is 10.4. The molecule has 0 saturated carbocycles. The summed E-state index contributed by atoms with van der Waals surface area (Å²) < 4.78 is 2.15. The largest absolute Gasteiger partial charge is 0.395 e. The second-order valence-electron chi connectivity index (χ2n) is 4.02. The minimum absolute atomic E-state index is 0.226. The minimum Gasteiger partial charge on any atom is -0.395 e. The van der Waals surface area contributed by atoms with Crippen molar-refractivity contribution in [1.82, 2.24) is 14.5 Å². The molecule has 4 nitrogen and oxygen atoms in total. The topological polar surface area (TPSA) is 41.3 Å². The highest BCUT2D eigenvalue weighted by Gasteiger charge is 2.07. The van der Waals surface area contributed by atoms with Gasteiger partial charge in [-0.05, 0) is 19.9 Å². The van der Waals surface area contributed by atoms with E-state index in [1.54, 1.807) is 0 Å². The summed E-state index contributed by atoms with van der Waals surface area (Å²) in [6.45, 7) is 8.16. The van der Waals surface area contributed by atoms with Gasteiger partial charge < -0.3 is 9.67 Å². The van der Waals surface area contributed by atoms with E-state index < -0.39 is 0 Å². The Bertz CT molecular complexity index is 286. The molecule has 92 valence electrons. The molecule has 16 heavy (non-hydrogen) atoms. The van der Waals surface area contributed by atoms with Crippen molar-refractivity contribution in [3.05, 3.63) is 18.2 Å². The van der Waals surface area contributed by atoms with Crippen molar-refractivity contribution in [3.8, 4) is 0 Å². The third kappa shape index (κ3) is 3.94. The van der Waals surface area contributed by atoms with Crippen molar-refractivity contribution in [3.63, 3.8) is 0 Å². The minimum atomic E-state index is 0.226. The van der Waals surface area contributed by atoms with Crippen molar-refractivity contribution in [2.75, 3.05) is 19.7 Å². The SMILES string of the molecule is CCCCN(CCO)Cc1cncn1CC. The first kappa shape index (κ1) is 13.2. The lowest BCUT2D eigenvalue weighted by Gasteiger charge is -2.21. The molecule has 0 bridgehead atoms. The highest BCUT2D eigenvalue weighted by molar-refractivity contribution is 4.98. The van der Waals surface area contributed by atoms with Crippen molar-refractivity contribution >= 4 is 0 Å². The maximum Gasteiger partial charge on any atom is 0.0948 e. The Hall–Kier alpha value is -0.870. The second-order valence-corrected chi connectivity index (χ2v) is 4.02. The predicted molar refractivity (Wildman–Crippen MR) is 65.2 cm³/mol. The molecule has 0 aliphatic heterocycles. The fourth-order valence-corrected chi connectivity index (χ4v) is 1.79. The van der Waals surface area contributed by atoms with E-state index in [0.717, 1.165) is 26.2 Å². The quantitative estimate of drug-likeness (QED) is 0.729. The molecular weight excluding hydrogens is 202 g/mol. The number of rotatable bonds is 8. The van der Waals surface area contributed by atoms with Gasteiger partial charge in [-0.2, -0.15) is 0 Å². The summed E-state index contributed by atoms with van der Waals surface area (Å²) in [4.78, 5) is 6.44. The van der Waals surface area contributed by atoms with Gasteiger partial charge in [0.2, 0.25) is 0 Å². The van der Waals surface area contributed by atoms with Gasteiger partial charge in [-0.3, -0.25) is 4.90 Å². The van der Waals surface area contributed by atoms with Gasteiger partial charge in [0, 0.05) is 25.8 Å². The first-order valence-electron chi connectivity index (χ1n) is 6.14. The number of imidazole rings is 1. The van der Waals surface area contributed by atoms with E-state index >= 15 is 0 Å². The van der Waals surface area contributed by atoms with E-state index in [0.29, 0.717) is 0 Å². The van der Waals surface area contributed by atoms with Crippen LogP contribution < -0.4 is 0 Å². The lowest BCUT2D eigenvalue weighted by atomic mass is 10.3. The summed E-state index contributed by atoms with van der Waals surface area (Å²) in [5.74, 6) is 0. The molecule has 0 aliphatic rings. The molecule has 1 N–H and O–H groups in total. The third-order valence-corrected chi connectivity index (χ3v) is 2.77. The molecule has 4 heteroatoms. The Morgan fingerprint density at radius 2 is 2.19 bits per heavy atom. The van der Waals surface area contributed by atoms with Gasteiger partial charge in [0.25, 0.3) is 0 Å². The average Bonchev–Trinajstić information content (AvgIpc) is 2.73. The molecule has 0 aliphatic carbocycles. The molecule has 0 saturated heterocycles. The van der Waals surface area contributed by atoms with Crippen molar-refractivity contribution in [1.29, 1.82) is 0 Å². The molecule has 0 spiro atoms. The Kier molecular flexibility index (Phi) is 6.11. The Morgan fingerprint density at radius 1 is 1.38 bits per heavy atom. The lowest BCUT2D eigenvalue weighted by molar-refractivity contribution is 0.185. The number of nitrogens with zero attached hydrogens (tertiary/aromatic N) is 3. The van der Waals surface area contributed by atoms with Crippen LogP contribution in [0.25, 0.3) is 0 Å². The number of aryl methyl sites for hydroxylation is 1. The number of aliphatic hydroxyl groups excluding tert-OH is 1. The Balaban J connectivity index is 2.52. The number of unbranched alkanes of at least 4 members (excludes halogenated alkanes) is 1. The highest BCUT2D eigenvalue weighted by Crippen LogP contribution is 2.05. The molecule has 0 fully saturated rings. The molecule has 0 aromatic carbocycles. The summed E-state index contributed by atoms with van der Waals surface area (Å²) in [5, 5.41) is 9.03. The summed E-state index contributed by atoms with van der Waals surface area (Å²) in [6, 6.07) is 0. The first-order chi connectivity index (χ1) is 7.81. The van der Waals surface area contributed by atoms with Crippen LogP contribution in [0.5, 0.6) is 0 Å². The van der Waals surface area contributed by atoms with E-state index in [9.17, 15) is 0 Å². The molecule has 1 aromatic heterocycles. The maximum absolute atomic E-state index is 9.03. The number of aliphatic hydroxyl groups is 1. The molecule has 0 unspecified atom stereocenters. The van der Waals surface area contributed by atoms with Crippen LogP contribution >= 0.6 is 0 Å². The number of hydrogen-bond donors (Lipinski definition) is 1. The standard InChI is InChI=1S/C12H23N3O/c1-3-5-6-14(7-8-16)10-12-9-13-11-15(12)4-2/h9,11,16H,3-8,10H2,1-2H3. The summed E-state index contributed by atoms with van der Waals surface area (Å²) in [7, 11) is 0. The van der Waals surface area contributed by atoms with Crippen LogP contribution in [0.15, 0.2) is 12.5 Å². The number of hydrogen-bond acceptors (Lipinski definition) is 3. The molecule has 0 atom stereocenters. The van der Waals surface area contributed by atoms with Gasteiger partial charge >= 0.3 is 0 Å². The average molecular weight is 225 g/mol. The Morgan fingerprint density at radius 3 is 2.81 bits per heavy atom. The van der Waals surface area contributed by atoms with Gasteiger partial charge in [0.1, 0.15) is 0 Å². The highest BCUT2D eigenvalue weighted by atomic mass is 16.3. The van der Waals surface area contributed by atoms with E-state index in [1.165, 1.54) is 18.5 Å². The van der Waals surface area contributed by atoms with E-state index in [-0.39, 0.29) is 6.61 Å². The van der Waals surface area contributed by atoms with Crippen LogP contribution in [-0.4, -0.2) is 39.3 Å². The fourth-order valence-electron chi connectivity index (χ4n) is 1.79. The molecule has 0 amide bonds. The summed E-state index contributed by atoms with van der Waals surface area (Å²) in [5.41, 5.74) is 1.23. The summed E-state index contributed by atoms with van der Waals surface area (Å²) in [6.07, 6.45) is 6.15. The molecule has 1 heterocycles. The van der Waals surface area contributed by atoms with Gasteiger partial charge in [-0.25, -0.2) is 4.98 Å². The van der Waals surface area contributed by atoms with Crippen LogP contribution in [0.1, 0.15) is 32.4 Å². The molecule has 1 rings (SSSR count). The Labute approximate surface area is 97.9 Å². The van der Waals surface area contributed by atoms with Crippen LogP contribution in [0.4, 0.5) is 0 Å². The molecule has 1 aromatic rings. The zero-order valence-electron chi connectivity index (χ0n) is 10.4. The van der Waals surface area contributed by atoms with E-state index in [1.807, 2.05) is 12.5 Å². The normalized spacial score (nSPS) is 11.2. The molecule has 0 radical (unpaired) electrons. The smallest absolute Gasteiger partial charge is 0.0948 e. The van der Waals surface area contributed by atoms with Gasteiger partial charge in [-0.1, -0.05) is 13.3 Å². The van der Waals surface area contributed by atoms with Crippen LogP contribution in [0, 0.1) is 0 Å². The lowest BCUT2D eigenvalue weighted by Crippen LogP contribution is -2.28. The van der Waals surface area contributed by atoms with Crippen LogP contribution in [0.2, 0.25) is 0 Å². The fraction of sp³-hybridized carbons (Fsp3) is 0.750. The number of aromatic nitrogens is 2. The summed E-state index contributed by atoms with van der Waals surface area (Å²) >= 11 is 0. The predicted octanol–water partition coefficient (Wildman–Crippen LogP) is 1.50.